The first-order chi connectivity index (χ1) is 9.29. The Labute approximate surface area is 120 Å². The summed E-state index contributed by atoms with van der Waals surface area (Å²) in [5.74, 6) is -0.557. The largest absolute Gasteiger partial charge is 0.460 e. The second-order valence-corrected chi connectivity index (χ2v) is 6.00. The number of aryl methyl sites for hydroxylation is 1. The highest BCUT2D eigenvalue weighted by atomic mass is 16.5. The Balaban J connectivity index is 2.85. The van der Waals surface area contributed by atoms with Gasteiger partial charge in [0.15, 0.2) is 0 Å². The van der Waals surface area contributed by atoms with Crippen molar-refractivity contribution in [3.05, 3.63) is 34.9 Å². The van der Waals surface area contributed by atoms with Gasteiger partial charge < -0.3 is 15.3 Å². The van der Waals surface area contributed by atoms with Gasteiger partial charge in [-0.2, -0.15) is 0 Å². The highest BCUT2D eigenvalue weighted by Gasteiger charge is 2.23. The molecule has 0 amide bonds. The van der Waals surface area contributed by atoms with Gasteiger partial charge in [0.25, 0.3) is 0 Å². The lowest BCUT2D eigenvalue weighted by atomic mass is 9.94. The Morgan fingerprint density at radius 1 is 1.40 bits per heavy atom. The van der Waals surface area contributed by atoms with Gasteiger partial charge in [0.1, 0.15) is 12.9 Å². The van der Waals surface area contributed by atoms with Crippen molar-refractivity contribution in [3.63, 3.8) is 0 Å². The molecule has 1 aromatic rings. The molecule has 2 N–H and O–H groups in total. The normalized spacial score (nSPS) is 12.8. The number of esters is 1. The van der Waals surface area contributed by atoms with Gasteiger partial charge >= 0.3 is 5.97 Å². The first-order valence-corrected chi connectivity index (χ1v) is 6.71. The lowest BCUT2D eigenvalue weighted by Crippen LogP contribution is -2.22. The van der Waals surface area contributed by atoms with E-state index < -0.39 is 5.41 Å². The summed E-state index contributed by atoms with van der Waals surface area (Å²) in [6, 6.07) is 5.70. The average molecular weight is 277 g/mol. The zero-order valence-electron chi connectivity index (χ0n) is 12.6. The molecule has 0 fully saturated rings. The molecule has 0 bridgehead atoms. The van der Waals surface area contributed by atoms with Crippen LogP contribution >= 0.6 is 0 Å². The van der Waals surface area contributed by atoms with Crippen molar-refractivity contribution in [3.8, 4) is 0 Å². The van der Waals surface area contributed by atoms with Crippen LogP contribution in [-0.4, -0.2) is 18.8 Å². The monoisotopic (exact) mass is 277 g/mol. The molecule has 0 saturated carbocycles. The van der Waals surface area contributed by atoms with Crippen LogP contribution < -0.4 is 5.73 Å². The fraction of sp³-hybridized carbons (Fsp3) is 0.500. The minimum absolute atomic E-state index is 0.208. The van der Waals surface area contributed by atoms with Crippen LogP contribution in [0, 0.1) is 12.3 Å². The van der Waals surface area contributed by atoms with Crippen molar-refractivity contribution in [2.24, 2.45) is 11.1 Å². The second kappa shape index (κ2) is 6.66. The third-order valence-electron chi connectivity index (χ3n) is 3.14. The first-order valence-electron chi connectivity index (χ1n) is 6.71. The number of rotatable bonds is 5. The predicted molar refractivity (Wildman–Crippen MR) is 78.3 cm³/mol. The lowest BCUT2D eigenvalue weighted by molar-refractivity contribution is -0.154. The molecular formula is C16H23NO3. The molecule has 4 heteroatoms. The van der Waals surface area contributed by atoms with E-state index in [1.807, 2.05) is 45.9 Å². The van der Waals surface area contributed by atoms with Gasteiger partial charge in [0.2, 0.25) is 0 Å². The summed E-state index contributed by atoms with van der Waals surface area (Å²) in [6.07, 6.45) is 0.854. The molecule has 1 rings (SSSR count). The molecule has 4 nitrogen and oxygen atoms in total. The van der Waals surface area contributed by atoms with Gasteiger partial charge in [-0.3, -0.25) is 4.79 Å². The minimum Gasteiger partial charge on any atom is -0.460 e. The molecule has 1 aromatic carbocycles. The summed E-state index contributed by atoms with van der Waals surface area (Å²) in [7, 11) is 0. The van der Waals surface area contributed by atoms with E-state index in [0.29, 0.717) is 0 Å². The lowest BCUT2D eigenvalue weighted by Gasteiger charge is -2.17. The second-order valence-electron chi connectivity index (χ2n) is 6.00. The number of hydrogen-bond donors (Lipinski definition) is 1. The molecule has 0 aliphatic heterocycles. The van der Waals surface area contributed by atoms with Crippen LogP contribution in [0.4, 0.5) is 0 Å². The minimum atomic E-state index is -0.518. The van der Waals surface area contributed by atoms with Crippen LogP contribution in [0.2, 0.25) is 0 Å². The number of ether oxygens (including phenoxy) is 1. The molecular weight excluding hydrogens is 254 g/mol. The SMILES string of the molecule is Cc1ccc(COC(=O)C(C)(C)C)cc1C(C=O)CN. The maximum atomic E-state index is 11.7. The fourth-order valence-corrected chi connectivity index (χ4v) is 1.80. The van der Waals surface area contributed by atoms with Gasteiger partial charge in [0.05, 0.1) is 11.3 Å². The van der Waals surface area contributed by atoms with Crippen LogP contribution in [0.5, 0.6) is 0 Å². The van der Waals surface area contributed by atoms with E-state index in [4.69, 9.17) is 10.5 Å². The Kier molecular flexibility index (Phi) is 5.45. The summed E-state index contributed by atoms with van der Waals surface area (Å²) in [4.78, 5) is 22.8. The Morgan fingerprint density at radius 3 is 2.55 bits per heavy atom. The standard InChI is InChI=1S/C16H23NO3/c1-11-5-6-12(7-14(11)13(8-17)9-18)10-20-15(19)16(2,3)4/h5-7,9,13H,8,10,17H2,1-4H3. The predicted octanol–water partition coefficient (Wildman–Crippen LogP) is 2.33. The number of carbonyl (C=O) groups excluding carboxylic acids is 2. The van der Waals surface area contributed by atoms with Gasteiger partial charge in [-0.05, 0) is 44.4 Å². The van der Waals surface area contributed by atoms with Gasteiger partial charge in [0, 0.05) is 6.54 Å². The van der Waals surface area contributed by atoms with Crippen LogP contribution in [0.25, 0.3) is 0 Å². The van der Waals surface area contributed by atoms with Gasteiger partial charge in [-0.1, -0.05) is 18.2 Å². The summed E-state index contributed by atoms with van der Waals surface area (Å²) in [5.41, 5.74) is 7.85. The van der Waals surface area contributed by atoms with E-state index in [9.17, 15) is 9.59 Å². The smallest absolute Gasteiger partial charge is 0.311 e. The number of carbonyl (C=O) groups is 2. The van der Waals surface area contributed by atoms with Crippen LogP contribution in [0.15, 0.2) is 18.2 Å². The molecule has 1 atom stereocenters. The highest BCUT2D eigenvalue weighted by Crippen LogP contribution is 2.21. The number of hydrogen-bond acceptors (Lipinski definition) is 4. The summed E-state index contributed by atoms with van der Waals surface area (Å²) < 4.78 is 5.28. The zero-order chi connectivity index (χ0) is 15.3. The van der Waals surface area contributed by atoms with Gasteiger partial charge in [-0.25, -0.2) is 0 Å². The van der Waals surface area contributed by atoms with E-state index in [2.05, 4.69) is 0 Å². The van der Waals surface area contributed by atoms with Crippen molar-refractivity contribution in [1.29, 1.82) is 0 Å². The molecule has 0 aromatic heterocycles. The number of nitrogens with two attached hydrogens (primary N) is 1. The van der Waals surface area contributed by atoms with Crippen molar-refractivity contribution in [2.45, 2.75) is 40.2 Å². The topological polar surface area (TPSA) is 69.4 Å². The molecule has 0 radical (unpaired) electrons. The Hall–Kier alpha value is -1.68. The molecule has 110 valence electrons. The number of benzene rings is 1. The van der Waals surface area contributed by atoms with Gasteiger partial charge in [-0.15, -0.1) is 0 Å². The molecule has 0 saturated heterocycles. The molecule has 0 aliphatic rings. The van der Waals surface area contributed by atoms with Crippen LogP contribution in [-0.2, 0) is 20.9 Å². The van der Waals surface area contributed by atoms with E-state index in [1.165, 1.54) is 0 Å². The Bertz CT molecular complexity index is 489. The zero-order valence-corrected chi connectivity index (χ0v) is 12.6. The van der Waals surface area contributed by atoms with E-state index in [0.717, 1.165) is 23.0 Å². The first kappa shape index (κ1) is 16.4. The molecule has 0 heterocycles. The Morgan fingerprint density at radius 2 is 2.05 bits per heavy atom. The van der Waals surface area contributed by atoms with Crippen LogP contribution in [0.1, 0.15) is 43.4 Å². The molecule has 0 spiro atoms. The molecule has 1 unspecified atom stereocenters. The maximum Gasteiger partial charge on any atom is 0.311 e. The summed E-state index contributed by atoms with van der Waals surface area (Å²) in [5, 5.41) is 0. The van der Waals surface area contributed by atoms with Crippen molar-refractivity contribution >= 4 is 12.3 Å². The molecule has 20 heavy (non-hydrogen) atoms. The van der Waals surface area contributed by atoms with Crippen LogP contribution in [0.3, 0.4) is 0 Å². The maximum absolute atomic E-state index is 11.7. The summed E-state index contributed by atoms with van der Waals surface area (Å²) >= 11 is 0. The summed E-state index contributed by atoms with van der Waals surface area (Å²) in [6.45, 7) is 7.85. The third kappa shape index (κ3) is 4.17. The molecule has 0 aliphatic carbocycles. The highest BCUT2D eigenvalue weighted by molar-refractivity contribution is 5.75. The fourth-order valence-electron chi connectivity index (χ4n) is 1.80. The quantitative estimate of drug-likeness (QED) is 0.662. The van der Waals surface area contributed by atoms with E-state index in [1.54, 1.807) is 0 Å². The van der Waals surface area contributed by atoms with Crippen molar-refractivity contribution < 1.29 is 14.3 Å². The van der Waals surface area contributed by atoms with Crippen molar-refractivity contribution in [2.75, 3.05) is 6.54 Å². The van der Waals surface area contributed by atoms with Crippen molar-refractivity contribution in [1.82, 2.24) is 0 Å². The number of aldehydes is 1. The average Bonchev–Trinajstić information content (AvgIpc) is 2.39. The van der Waals surface area contributed by atoms with E-state index >= 15 is 0 Å². The third-order valence-corrected chi connectivity index (χ3v) is 3.14. The van der Waals surface area contributed by atoms with E-state index in [-0.39, 0.29) is 25.0 Å².